The van der Waals surface area contributed by atoms with Gasteiger partial charge in [-0.3, -0.25) is 4.79 Å². The number of carbonyl (C=O) groups is 2. The van der Waals surface area contributed by atoms with Crippen molar-refractivity contribution in [3.05, 3.63) is 65.7 Å². The van der Waals surface area contributed by atoms with Crippen LogP contribution in [-0.4, -0.2) is 44.1 Å². The summed E-state index contributed by atoms with van der Waals surface area (Å²) < 4.78 is 16.0. The lowest BCUT2D eigenvalue weighted by Gasteiger charge is -2.23. The maximum atomic E-state index is 12.9. The molecule has 0 N–H and O–H groups in total. The number of esters is 1. The summed E-state index contributed by atoms with van der Waals surface area (Å²) in [4.78, 5) is 27.1. The van der Waals surface area contributed by atoms with Crippen molar-refractivity contribution in [3.8, 4) is 11.5 Å². The molecule has 1 aliphatic rings. The van der Waals surface area contributed by atoms with Gasteiger partial charge in [0.25, 0.3) is 5.91 Å². The van der Waals surface area contributed by atoms with Crippen molar-refractivity contribution in [1.29, 1.82) is 0 Å². The largest absolute Gasteiger partial charge is 0.493 e. The third-order valence-corrected chi connectivity index (χ3v) is 4.80. The molecule has 0 saturated carbocycles. The van der Waals surface area contributed by atoms with Gasteiger partial charge in [-0.1, -0.05) is 36.4 Å². The van der Waals surface area contributed by atoms with E-state index in [4.69, 9.17) is 14.2 Å². The smallest absolute Gasteiger partial charge is 0.331 e. The molecule has 0 aliphatic carbocycles. The molecule has 0 unspecified atom stereocenters. The predicted octanol–water partition coefficient (Wildman–Crippen LogP) is 3.62. The Bertz CT molecular complexity index is 872. The van der Waals surface area contributed by atoms with Crippen molar-refractivity contribution in [1.82, 2.24) is 4.90 Å². The number of hydrogen-bond acceptors (Lipinski definition) is 5. The monoisotopic (exact) mass is 395 g/mol. The molecule has 1 amide bonds. The summed E-state index contributed by atoms with van der Waals surface area (Å²) in [5.74, 6) is 0.407. The Morgan fingerprint density at radius 1 is 0.966 bits per heavy atom. The van der Waals surface area contributed by atoms with E-state index in [2.05, 4.69) is 0 Å². The van der Waals surface area contributed by atoms with Crippen LogP contribution in [0.2, 0.25) is 0 Å². The minimum atomic E-state index is -0.947. The zero-order valence-corrected chi connectivity index (χ0v) is 16.7. The molecule has 0 spiro atoms. The van der Waals surface area contributed by atoms with Gasteiger partial charge in [-0.15, -0.1) is 0 Å². The first-order valence-corrected chi connectivity index (χ1v) is 9.57. The minimum absolute atomic E-state index is 0.179. The van der Waals surface area contributed by atoms with Gasteiger partial charge in [0, 0.05) is 24.7 Å². The van der Waals surface area contributed by atoms with Crippen LogP contribution in [0.1, 0.15) is 30.1 Å². The van der Waals surface area contributed by atoms with Crippen LogP contribution in [-0.2, 0) is 14.3 Å². The average molecular weight is 395 g/mol. The number of benzene rings is 2. The minimum Gasteiger partial charge on any atom is -0.493 e. The van der Waals surface area contributed by atoms with Crippen LogP contribution in [0.3, 0.4) is 0 Å². The first kappa shape index (κ1) is 20.5. The second-order valence-electron chi connectivity index (χ2n) is 6.71. The summed E-state index contributed by atoms with van der Waals surface area (Å²) in [6.07, 6.45) is 3.93. The second kappa shape index (κ2) is 9.78. The molecule has 1 heterocycles. The number of likely N-dealkylation sites (tertiary alicyclic amines) is 1. The van der Waals surface area contributed by atoms with Crippen molar-refractivity contribution in [2.45, 2.75) is 18.9 Å². The molecular weight excluding hydrogens is 370 g/mol. The van der Waals surface area contributed by atoms with Crippen LogP contribution in [0.4, 0.5) is 0 Å². The van der Waals surface area contributed by atoms with Gasteiger partial charge < -0.3 is 19.1 Å². The fourth-order valence-electron chi connectivity index (χ4n) is 3.27. The third kappa shape index (κ3) is 5.16. The van der Waals surface area contributed by atoms with Gasteiger partial charge in [0.1, 0.15) is 0 Å². The lowest BCUT2D eigenvalue weighted by atomic mass is 10.1. The highest BCUT2D eigenvalue weighted by Gasteiger charge is 2.30. The lowest BCUT2D eigenvalue weighted by Crippen LogP contribution is -2.34. The van der Waals surface area contributed by atoms with Gasteiger partial charge in [0.2, 0.25) is 6.10 Å². The van der Waals surface area contributed by atoms with E-state index >= 15 is 0 Å². The molecule has 1 saturated heterocycles. The highest BCUT2D eigenvalue weighted by Crippen LogP contribution is 2.28. The Labute approximate surface area is 170 Å². The molecule has 0 radical (unpaired) electrons. The van der Waals surface area contributed by atoms with Crippen LogP contribution in [0.15, 0.2) is 54.6 Å². The fraction of sp³-hybridized carbons (Fsp3) is 0.304. The van der Waals surface area contributed by atoms with Crippen LogP contribution in [0.5, 0.6) is 11.5 Å². The van der Waals surface area contributed by atoms with E-state index in [1.165, 1.54) is 6.08 Å². The first-order chi connectivity index (χ1) is 14.1. The van der Waals surface area contributed by atoms with Gasteiger partial charge in [-0.25, -0.2) is 4.79 Å². The van der Waals surface area contributed by atoms with Crippen LogP contribution in [0, 0.1) is 0 Å². The van der Waals surface area contributed by atoms with E-state index in [1.54, 1.807) is 55.5 Å². The lowest BCUT2D eigenvalue weighted by molar-refractivity contribution is -0.156. The standard InChI is InChI=1S/C23H25NO5/c1-27-19-12-10-17(16-20(19)28-2)11-13-21(25)29-22(18-8-4-3-5-9-18)23(26)24-14-6-7-15-24/h3-5,8-13,16,22H,6-7,14-15H2,1-2H3/b13-11+/t22-/m0/s1. The van der Waals surface area contributed by atoms with E-state index < -0.39 is 12.1 Å². The van der Waals surface area contributed by atoms with Crippen molar-refractivity contribution >= 4 is 18.0 Å². The quantitative estimate of drug-likeness (QED) is 0.529. The maximum Gasteiger partial charge on any atom is 0.331 e. The van der Waals surface area contributed by atoms with Crippen molar-refractivity contribution in [2.24, 2.45) is 0 Å². The summed E-state index contributed by atoms with van der Waals surface area (Å²) in [6, 6.07) is 14.4. The van der Waals surface area contributed by atoms with E-state index in [0.717, 1.165) is 18.4 Å². The summed E-state index contributed by atoms with van der Waals surface area (Å²) in [7, 11) is 3.11. The number of hydrogen-bond donors (Lipinski definition) is 0. The maximum absolute atomic E-state index is 12.9. The van der Waals surface area contributed by atoms with Crippen molar-refractivity contribution in [2.75, 3.05) is 27.3 Å². The zero-order valence-electron chi connectivity index (χ0n) is 16.7. The first-order valence-electron chi connectivity index (χ1n) is 9.57. The Morgan fingerprint density at radius 3 is 2.31 bits per heavy atom. The molecule has 0 bridgehead atoms. The van der Waals surface area contributed by atoms with Crippen molar-refractivity contribution < 1.29 is 23.8 Å². The summed E-state index contributed by atoms with van der Waals surface area (Å²) in [5, 5.41) is 0. The van der Waals surface area contributed by atoms with E-state index in [1.807, 2.05) is 18.2 Å². The SMILES string of the molecule is COc1ccc(/C=C/C(=O)O[C@H](C(=O)N2CCCC2)c2ccccc2)cc1OC. The zero-order chi connectivity index (χ0) is 20.6. The average Bonchev–Trinajstić information content (AvgIpc) is 3.31. The molecule has 1 aliphatic heterocycles. The summed E-state index contributed by atoms with van der Waals surface area (Å²) in [6.45, 7) is 1.39. The molecular formula is C23H25NO5. The van der Waals surface area contributed by atoms with Crippen LogP contribution < -0.4 is 9.47 Å². The molecule has 1 atom stereocenters. The molecule has 2 aromatic rings. The van der Waals surface area contributed by atoms with E-state index in [0.29, 0.717) is 30.2 Å². The summed E-state index contributed by atoms with van der Waals surface area (Å²) >= 11 is 0. The molecule has 3 rings (SSSR count). The van der Waals surface area contributed by atoms with Gasteiger partial charge in [0.05, 0.1) is 14.2 Å². The molecule has 1 fully saturated rings. The van der Waals surface area contributed by atoms with E-state index in [-0.39, 0.29) is 5.91 Å². The molecule has 6 heteroatoms. The molecule has 29 heavy (non-hydrogen) atoms. The Balaban J connectivity index is 1.74. The number of nitrogens with zero attached hydrogens (tertiary/aromatic N) is 1. The highest BCUT2D eigenvalue weighted by atomic mass is 16.5. The number of methoxy groups -OCH3 is 2. The number of amides is 1. The molecule has 0 aromatic heterocycles. The number of ether oxygens (including phenoxy) is 3. The van der Waals surface area contributed by atoms with E-state index in [9.17, 15) is 9.59 Å². The highest BCUT2D eigenvalue weighted by molar-refractivity contribution is 5.91. The third-order valence-electron chi connectivity index (χ3n) is 4.80. The van der Waals surface area contributed by atoms with Gasteiger partial charge in [-0.05, 0) is 36.6 Å². The van der Waals surface area contributed by atoms with Gasteiger partial charge in [-0.2, -0.15) is 0 Å². The molecule has 152 valence electrons. The Kier molecular flexibility index (Phi) is 6.89. The molecule has 6 nitrogen and oxygen atoms in total. The predicted molar refractivity (Wildman–Crippen MR) is 110 cm³/mol. The van der Waals surface area contributed by atoms with Gasteiger partial charge in [0.15, 0.2) is 11.5 Å². The van der Waals surface area contributed by atoms with Crippen molar-refractivity contribution in [3.63, 3.8) is 0 Å². The Hall–Kier alpha value is -3.28. The summed E-state index contributed by atoms with van der Waals surface area (Å²) in [5.41, 5.74) is 1.42. The number of rotatable bonds is 7. The topological polar surface area (TPSA) is 65.1 Å². The fourth-order valence-corrected chi connectivity index (χ4v) is 3.27. The Morgan fingerprint density at radius 2 is 1.66 bits per heavy atom. The number of carbonyl (C=O) groups excluding carboxylic acids is 2. The van der Waals surface area contributed by atoms with Crippen LogP contribution in [0.25, 0.3) is 6.08 Å². The van der Waals surface area contributed by atoms with Gasteiger partial charge >= 0.3 is 5.97 Å². The van der Waals surface area contributed by atoms with Crippen LogP contribution >= 0.6 is 0 Å². The molecule has 2 aromatic carbocycles. The normalized spacial score (nSPS) is 14.6. The second-order valence-corrected chi connectivity index (χ2v) is 6.71.